The van der Waals surface area contributed by atoms with E-state index in [1.165, 1.54) is 0 Å². The molecule has 0 unspecified atom stereocenters. The number of anilines is 3. The predicted molar refractivity (Wildman–Crippen MR) is 71.5 cm³/mol. The van der Waals surface area contributed by atoms with Gasteiger partial charge in [-0.1, -0.05) is 6.07 Å². The summed E-state index contributed by atoms with van der Waals surface area (Å²) in [6.45, 7) is 0. The second kappa shape index (κ2) is 4.97. The monoisotopic (exact) mass is 360 g/mol. The molecule has 1 heterocycles. The van der Waals surface area contributed by atoms with Gasteiger partial charge in [0, 0.05) is 8.95 Å². The first-order valence-corrected chi connectivity index (χ1v) is 6.15. The van der Waals surface area contributed by atoms with E-state index < -0.39 is 5.82 Å². The van der Waals surface area contributed by atoms with Crippen LogP contribution in [0.25, 0.3) is 0 Å². The van der Waals surface area contributed by atoms with Crippen molar-refractivity contribution in [3.8, 4) is 0 Å². The highest BCUT2D eigenvalue weighted by atomic mass is 79.9. The highest BCUT2D eigenvalue weighted by Gasteiger charge is 2.10. The molecule has 1 aromatic heterocycles. The summed E-state index contributed by atoms with van der Waals surface area (Å²) < 4.78 is 15.0. The molecule has 4 nitrogen and oxygen atoms in total. The van der Waals surface area contributed by atoms with Crippen molar-refractivity contribution in [3.63, 3.8) is 0 Å². The number of aromatic nitrogens is 2. The minimum Gasteiger partial charge on any atom is -0.368 e. The summed E-state index contributed by atoms with van der Waals surface area (Å²) in [4.78, 5) is 7.34. The molecular weight excluding hydrogens is 355 g/mol. The molecule has 0 saturated heterocycles. The van der Waals surface area contributed by atoms with Crippen molar-refractivity contribution in [2.45, 2.75) is 0 Å². The number of benzene rings is 1. The van der Waals surface area contributed by atoms with Gasteiger partial charge in [0.15, 0.2) is 11.6 Å². The summed E-state index contributed by atoms with van der Waals surface area (Å²) in [6, 6.07) is 5.51. The van der Waals surface area contributed by atoms with Gasteiger partial charge >= 0.3 is 0 Å². The molecule has 0 radical (unpaired) electrons. The SMILES string of the molecule is Nc1ncc(F)c(Nc2c(Br)cccc2Br)n1. The predicted octanol–water partition coefficient (Wildman–Crippen LogP) is 3.47. The number of halogens is 3. The smallest absolute Gasteiger partial charge is 0.222 e. The molecule has 0 aliphatic heterocycles. The maximum absolute atomic E-state index is 13.4. The maximum Gasteiger partial charge on any atom is 0.222 e. The van der Waals surface area contributed by atoms with Gasteiger partial charge in [-0.25, -0.2) is 9.37 Å². The van der Waals surface area contributed by atoms with Crippen molar-refractivity contribution in [3.05, 3.63) is 39.2 Å². The van der Waals surface area contributed by atoms with Crippen LogP contribution in [-0.4, -0.2) is 9.97 Å². The van der Waals surface area contributed by atoms with Gasteiger partial charge < -0.3 is 11.1 Å². The Balaban J connectivity index is 2.41. The second-order valence-corrected chi connectivity index (χ2v) is 4.86. The molecule has 17 heavy (non-hydrogen) atoms. The Kier molecular flexibility index (Phi) is 3.58. The maximum atomic E-state index is 13.4. The van der Waals surface area contributed by atoms with E-state index in [9.17, 15) is 4.39 Å². The quantitative estimate of drug-likeness (QED) is 0.859. The lowest BCUT2D eigenvalue weighted by molar-refractivity contribution is 0.620. The van der Waals surface area contributed by atoms with Crippen LogP contribution >= 0.6 is 31.9 Å². The lowest BCUT2D eigenvalue weighted by Gasteiger charge is -2.10. The fourth-order valence-corrected chi connectivity index (χ4v) is 2.40. The minimum atomic E-state index is -0.568. The summed E-state index contributed by atoms with van der Waals surface area (Å²) in [5.74, 6) is -0.524. The molecule has 88 valence electrons. The summed E-state index contributed by atoms with van der Waals surface area (Å²) in [7, 11) is 0. The van der Waals surface area contributed by atoms with Gasteiger partial charge in [-0.2, -0.15) is 4.98 Å². The minimum absolute atomic E-state index is 0.0112. The lowest BCUT2D eigenvalue weighted by Crippen LogP contribution is -2.03. The van der Waals surface area contributed by atoms with Gasteiger partial charge in [0.2, 0.25) is 5.95 Å². The molecule has 0 atom stereocenters. The first-order chi connectivity index (χ1) is 8.08. The number of nitrogens with two attached hydrogens (primary N) is 1. The Morgan fingerprint density at radius 1 is 1.24 bits per heavy atom. The van der Waals surface area contributed by atoms with Crippen molar-refractivity contribution in [2.24, 2.45) is 0 Å². The largest absolute Gasteiger partial charge is 0.368 e. The topological polar surface area (TPSA) is 63.8 Å². The van der Waals surface area contributed by atoms with E-state index in [4.69, 9.17) is 5.73 Å². The van der Waals surface area contributed by atoms with Crippen LogP contribution in [0.4, 0.5) is 21.8 Å². The highest BCUT2D eigenvalue weighted by Crippen LogP contribution is 2.33. The average Bonchev–Trinajstić information content (AvgIpc) is 2.28. The van der Waals surface area contributed by atoms with E-state index in [1.807, 2.05) is 18.2 Å². The molecule has 0 amide bonds. The normalized spacial score (nSPS) is 10.3. The van der Waals surface area contributed by atoms with Gasteiger partial charge in [0.05, 0.1) is 11.9 Å². The average molecular weight is 362 g/mol. The number of nitrogen functional groups attached to an aromatic ring is 1. The molecule has 1 aromatic carbocycles. The molecule has 0 fully saturated rings. The number of nitrogens with zero attached hydrogens (tertiary/aromatic N) is 2. The molecule has 2 aromatic rings. The van der Waals surface area contributed by atoms with Gasteiger partial charge in [-0.05, 0) is 44.0 Å². The van der Waals surface area contributed by atoms with Gasteiger partial charge in [0.1, 0.15) is 0 Å². The van der Waals surface area contributed by atoms with Crippen molar-refractivity contribution >= 4 is 49.3 Å². The van der Waals surface area contributed by atoms with Crippen molar-refractivity contribution < 1.29 is 4.39 Å². The van der Waals surface area contributed by atoms with E-state index in [0.717, 1.165) is 15.1 Å². The Morgan fingerprint density at radius 2 is 1.88 bits per heavy atom. The molecular formula is C10H7Br2FN4. The highest BCUT2D eigenvalue weighted by molar-refractivity contribution is 9.11. The summed E-state index contributed by atoms with van der Waals surface area (Å²) >= 11 is 6.72. The van der Waals surface area contributed by atoms with Gasteiger partial charge in [-0.3, -0.25) is 0 Å². The standard InChI is InChI=1S/C10H7Br2FN4/c11-5-2-1-3-6(12)8(5)16-9-7(13)4-15-10(14)17-9/h1-4H,(H3,14,15,16,17). The second-order valence-electron chi connectivity index (χ2n) is 3.15. The number of hydrogen-bond acceptors (Lipinski definition) is 4. The summed E-state index contributed by atoms with van der Waals surface area (Å²) in [6.07, 6.45) is 1.02. The molecule has 0 aliphatic rings. The molecule has 0 aliphatic carbocycles. The van der Waals surface area contributed by atoms with Crippen molar-refractivity contribution in [1.82, 2.24) is 9.97 Å². The van der Waals surface area contributed by atoms with E-state index in [0.29, 0.717) is 5.69 Å². The Bertz CT molecular complexity index is 542. The fraction of sp³-hybridized carbons (Fsp3) is 0. The van der Waals surface area contributed by atoms with Crippen LogP contribution in [0.3, 0.4) is 0 Å². The fourth-order valence-electron chi connectivity index (χ4n) is 1.20. The number of para-hydroxylation sites is 1. The zero-order valence-corrected chi connectivity index (χ0v) is 11.6. The van der Waals surface area contributed by atoms with E-state index >= 15 is 0 Å². The van der Waals surface area contributed by atoms with Gasteiger partial charge in [-0.15, -0.1) is 0 Å². The van der Waals surface area contributed by atoms with Crippen LogP contribution in [0, 0.1) is 5.82 Å². The van der Waals surface area contributed by atoms with Crippen LogP contribution in [0.5, 0.6) is 0 Å². The third kappa shape index (κ3) is 2.73. The molecule has 0 saturated carbocycles. The first-order valence-electron chi connectivity index (χ1n) is 4.57. The van der Waals surface area contributed by atoms with Crippen LogP contribution in [0.15, 0.2) is 33.3 Å². The van der Waals surface area contributed by atoms with Gasteiger partial charge in [0.25, 0.3) is 0 Å². The number of hydrogen-bond donors (Lipinski definition) is 2. The van der Waals surface area contributed by atoms with Crippen LogP contribution in [0.1, 0.15) is 0 Å². The first kappa shape index (κ1) is 12.3. The molecule has 0 bridgehead atoms. The Labute approximate surface area is 114 Å². The molecule has 3 N–H and O–H groups in total. The van der Waals surface area contributed by atoms with E-state index in [-0.39, 0.29) is 11.8 Å². The van der Waals surface area contributed by atoms with E-state index in [2.05, 4.69) is 47.1 Å². The molecule has 7 heteroatoms. The Morgan fingerprint density at radius 3 is 2.53 bits per heavy atom. The zero-order valence-electron chi connectivity index (χ0n) is 8.42. The third-order valence-electron chi connectivity index (χ3n) is 1.97. The zero-order chi connectivity index (χ0) is 12.4. The number of nitrogens with one attached hydrogen (secondary N) is 1. The summed E-state index contributed by atoms with van der Waals surface area (Å²) in [5, 5.41) is 2.85. The van der Waals surface area contributed by atoms with Crippen molar-refractivity contribution in [1.29, 1.82) is 0 Å². The molecule has 0 spiro atoms. The van der Waals surface area contributed by atoms with Crippen molar-refractivity contribution in [2.75, 3.05) is 11.1 Å². The van der Waals surface area contributed by atoms with E-state index in [1.54, 1.807) is 0 Å². The van der Waals surface area contributed by atoms with Crippen LogP contribution in [0.2, 0.25) is 0 Å². The van der Waals surface area contributed by atoms with Crippen LogP contribution < -0.4 is 11.1 Å². The lowest BCUT2D eigenvalue weighted by atomic mass is 10.3. The number of rotatable bonds is 2. The summed E-state index contributed by atoms with van der Waals surface area (Å²) in [5.41, 5.74) is 6.08. The molecule has 2 rings (SSSR count). The third-order valence-corrected chi connectivity index (χ3v) is 3.29. The Hall–Kier alpha value is -1.21. The van der Waals surface area contributed by atoms with Crippen LogP contribution in [-0.2, 0) is 0 Å².